The predicted octanol–water partition coefficient (Wildman–Crippen LogP) is 3.11. The maximum Gasteiger partial charge on any atom is 0.225 e. The van der Waals surface area contributed by atoms with E-state index in [1.165, 1.54) is 12.2 Å². The lowest BCUT2D eigenvalue weighted by Gasteiger charge is -2.34. The zero-order chi connectivity index (χ0) is 18.5. The average molecular weight is 371 g/mol. The van der Waals surface area contributed by atoms with Gasteiger partial charge in [-0.3, -0.25) is 9.79 Å². The number of guanidine groups is 1. The molecule has 0 saturated carbocycles. The molecule has 0 atom stereocenters. The number of carbonyl (C=O) groups excluding carboxylic acids is 1. The predicted molar refractivity (Wildman–Crippen MR) is 110 cm³/mol. The summed E-state index contributed by atoms with van der Waals surface area (Å²) < 4.78 is 0. The second-order valence-electron chi connectivity index (χ2n) is 6.72. The maximum atomic E-state index is 12.5. The first-order valence-corrected chi connectivity index (χ1v) is 11.4. The van der Waals surface area contributed by atoms with Crippen molar-refractivity contribution in [1.29, 1.82) is 0 Å². The molecule has 1 heterocycles. The normalized spacial score (nSPS) is 16.4. The Hall–Kier alpha value is -0.910. The number of nitrogens with zero attached hydrogens (tertiary/aromatic N) is 2. The van der Waals surface area contributed by atoms with Crippen LogP contribution in [0.25, 0.3) is 0 Å². The van der Waals surface area contributed by atoms with Gasteiger partial charge in [-0.15, -0.1) is 0 Å². The molecule has 0 aromatic carbocycles. The van der Waals surface area contributed by atoms with E-state index in [1.807, 2.05) is 11.8 Å². The van der Waals surface area contributed by atoms with Gasteiger partial charge in [0.15, 0.2) is 5.96 Å². The van der Waals surface area contributed by atoms with Crippen LogP contribution in [0.1, 0.15) is 59.3 Å². The van der Waals surface area contributed by atoms with Gasteiger partial charge in [0, 0.05) is 38.1 Å². The van der Waals surface area contributed by atoms with Gasteiger partial charge >= 0.3 is 0 Å². The number of hydrogen-bond donors (Lipinski definition) is 2. The third-order valence-electron chi connectivity index (χ3n) is 4.85. The minimum Gasteiger partial charge on any atom is -0.357 e. The van der Waals surface area contributed by atoms with Crippen LogP contribution < -0.4 is 10.6 Å². The highest BCUT2D eigenvalue weighted by Crippen LogP contribution is 2.17. The van der Waals surface area contributed by atoms with E-state index in [0.717, 1.165) is 64.2 Å². The Bertz CT molecular complexity index is 391. The highest BCUT2D eigenvalue weighted by Gasteiger charge is 2.26. The summed E-state index contributed by atoms with van der Waals surface area (Å²) in [5, 5.41) is 6.90. The minimum atomic E-state index is 0.199. The van der Waals surface area contributed by atoms with Crippen molar-refractivity contribution >= 4 is 23.6 Å². The maximum absolute atomic E-state index is 12.5. The number of thioether (sulfide) groups is 1. The number of aliphatic imine (C=N–C) groups is 1. The molecular formula is C19H38N4OS. The fourth-order valence-corrected chi connectivity index (χ4v) is 3.70. The van der Waals surface area contributed by atoms with Crippen molar-refractivity contribution in [3.8, 4) is 0 Å². The first kappa shape index (κ1) is 22.1. The Morgan fingerprint density at radius 3 is 2.44 bits per heavy atom. The molecular weight excluding hydrogens is 332 g/mol. The first-order chi connectivity index (χ1) is 12.2. The standard InChI is InChI=1S/C19H38N4OS/c1-5-16(6-2)18(24)23-13-10-17(11-14-23)22-19(20-7-3)21-12-8-9-15-25-4/h16-17H,5-15H2,1-4H3,(H2,20,21,22). The summed E-state index contributed by atoms with van der Waals surface area (Å²) in [6.45, 7) is 9.80. The Morgan fingerprint density at radius 2 is 1.88 bits per heavy atom. The Morgan fingerprint density at radius 1 is 1.20 bits per heavy atom. The Kier molecular flexibility index (Phi) is 11.8. The van der Waals surface area contributed by atoms with Crippen LogP contribution >= 0.6 is 11.8 Å². The number of amides is 1. The molecule has 0 unspecified atom stereocenters. The van der Waals surface area contributed by atoms with Crippen LogP contribution in [0.3, 0.4) is 0 Å². The number of unbranched alkanes of at least 4 members (excludes halogenated alkanes) is 1. The van der Waals surface area contributed by atoms with Crippen molar-refractivity contribution in [3.05, 3.63) is 0 Å². The van der Waals surface area contributed by atoms with Gasteiger partial charge in [-0.1, -0.05) is 13.8 Å². The van der Waals surface area contributed by atoms with Crippen molar-refractivity contribution in [3.63, 3.8) is 0 Å². The Labute approximate surface area is 158 Å². The lowest BCUT2D eigenvalue weighted by atomic mass is 9.98. The molecule has 0 spiro atoms. The largest absolute Gasteiger partial charge is 0.357 e. The molecule has 1 aliphatic rings. The van der Waals surface area contributed by atoms with Crippen LogP contribution in [0, 0.1) is 5.92 Å². The van der Waals surface area contributed by atoms with E-state index in [-0.39, 0.29) is 5.92 Å². The highest BCUT2D eigenvalue weighted by atomic mass is 32.2. The number of piperidine rings is 1. The van der Waals surface area contributed by atoms with E-state index in [1.54, 1.807) is 0 Å². The van der Waals surface area contributed by atoms with Gasteiger partial charge in [0.25, 0.3) is 0 Å². The topological polar surface area (TPSA) is 56.7 Å². The molecule has 0 aliphatic carbocycles. The third kappa shape index (κ3) is 8.34. The Balaban J connectivity index is 2.41. The molecule has 1 aliphatic heterocycles. The van der Waals surface area contributed by atoms with Gasteiger partial charge < -0.3 is 15.5 Å². The molecule has 0 aromatic rings. The van der Waals surface area contributed by atoms with Gasteiger partial charge in [0.05, 0.1) is 0 Å². The van der Waals surface area contributed by atoms with Gasteiger partial charge in [-0.2, -0.15) is 11.8 Å². The zero-order valence-corrected chi connectivity index (χ0v) is 17.5. The second-order valence-corrected chi connectivity index (χ2v) is 7.70. The lowest BCUT2D eigenvalue weighted by Crippen LogP contribution is -2.50. The molecule has 6 heteroatoms. The smallest absolute Gasteiger partial charge is 0.225 e. The lowest BCUT2D eigenvalue weighted by molar-refractivity contribution is -0.136. The van der Waals surface area contributed by atoms with Crippen LogP contribution in [-0.4, -0.2) is 61.0 Å². The van der Waals surface area contributed by atoms with Gasteiger partial charge in [0.2, 0.25) is 5.91 Å². The van der Waals surface area contributed by atoms with Crippen molar-refractivity contribution in [2.45, 2.75) is 65.3 Å². The molecule has 146 valence electrons. The van der Waals surface area contributed by atoms with Crippen molar-refractivity contribution in [2.75, 3.05) is 38.2 Å². The molecule has 1 amide bonds. The van der Waals surface area contributed by atoms with E-state index >= 15 is 0 Å². The van der Waals surface area contributed by atoms with Crippen molar-refractivity contribution in [2.24, 2.45) is 10.9 Å². The minimum absolute atomic E-state index is 0.199. The molecule has 1 rings (SSSR count). The van der Waals surface area contributed by atoms with Crippen molar-refractivity contribution < 1.29 is 4.79 Å². The van der Waals surface area contributed by atoms with Gasteiger partial charge in [0.1, 0.15) is 0 Å². The fraction of sp³-hybridized carbons (Fsp3) is 0.895. The quantitative estimate of drug-likeness (QED) is 0.352. The monoisotopic (exact) mass is 370 g/mol. The molecule has 25 heavy (non-hydrogen) atoms. The summed E-state index contributed by atoms with van der Waals surface area (Å²) in [4.78, 5) is 19.2. The number of rotatable bonds is 10. The van der Waals surface area contributed by atoms with E-state index in [0.29, 0.717) is 11.9 Å². The molecule has 5 nitrogen and oxygen atoms in total. The van der Waals surface area contributed by atoms with Crippen molar-refractivity contribution in [1.82, 2.24) is 15.5 Å². The molecule has 0 bridgehead atoms. The first-order valence-electron chi connectivity index (χ1n) is 9.98. The van der Waals surface area contributed by atoms with Crippen LogP contribution in [0.5, 0.6) is 0 Å². The number of nitrogens with one attached hydrogen (secondary N) is 2. The van der Waals surface area contributed by atoms with Gasteiger partial charge in [-0.25, -0.2) is 0 Å². The summed E-state index contributed by atoms with van der Waals surface area (Å²) in [7, 11) is 0. The summed E-state index contributed by atoms with van der Waals surface area (Å²) in [6.07, 6.45) is 8.41. The third-order valence-corrected chi connectivity index (χ3v) is 5.55. The summed E-state index contributed by atoms with van der Waals surface area (Å²) in [5.41, 5.74) is 0. The van der Waals surface area contributed by atoms with Crippen LogP contribution in [-0.2, 0) is 4.79 Å². The zero-order valence-electron chi connectivity index (χ0n) is 16.6. The molecule has 2 N–H and O–H groups in total. The van der Waals surface area contributed by atoms with Crippen LogP contribution in [0.15, 0.2) is 4.99 Å². The SMILES string of the molecule is CCNC(=NCCCCSC)NC1CCN(C(=O)C(CC)CC)CC1. The van der Waals surface area contributed by atoms with Crippen LogP contribution in [0.4, 0.5) is 0 Å². The molecule has 1 fully saturated rings. The van der Waals surface area contributed by atoms with E-state index in [4.69, 9.17) is 4.99 Å². The van der Waals surface area contributed by atoms with Gasteiger partial charge in [-0.05, 0) is 57.5 Å². The number of likely N-dealkylation sites (tertiary alicyclic amines) is 1. The van der Waals surface area contributed by atoms with E-state index < -0.39 is 0 Å². The van der Waals surface area contributed by atoms with E-state index in [9.17, 15) is 4.79 Å². The molecule has 0 aromatic heterocycles. The molecule has 0 radical (unpaired) electrons. The number of carbonyl (C=O) groups is 1. The number of hydrogen-bond acceptors (Lipinski definition) is 3. The molecule has 1 saturated heterocycles. The summed E-state index contributed by atoms with van der Waals surface area (Å²) in [5.74, 6) is 2.68. The highest BCUT2D eigenvalue weighted by molar-refractivity contribution is 7.98. The average Bonchev–Trinajstić information content (AvgIpc) is 2.63. The fourth-order valence-electron chi connectivity index (χ4n) is 3.20. The summed E-state index contributed by atoms with van der Waals surface area (Å²) >= 11 is 1.89. The van der Waals surface area contributed by atoms with E-state index in [2.05, 4.69) is 42.6 Å². The second kappa shape index (κ2) is 13.3. The van der Waals surface area contributed by atoms with Crippen LogP contribution in [0.2, 0.25) is 0 Å². The summed E-state index contributed by atoms with van der Waals surface area (Å²) in [6, 6.07) is 0.412.